The first-order valence-corrected chi connectivity index (χ1v) is 4.29. The maximum absolute atomic E-state index is 11.1. The third-order valence-electron chi connectivity index (χ3n) is 1.33. The van der Waals surface area contributed by atoms with Crippen molar-refractivity contribution in [2.45, 2.75) is 0 Å². The molecular weight excluding hydrogens is 243 g/mol. The van der Waals surface area contributed by atoms with Gasteiger partial charge in [0.25, 0.3) is 5.91 Å². The quantitative estimate of drug-likeness (QED) is 0.452. The second kappa shape index (κ2) is 3.89. The number of nitrogen functional groups attached to an aromatic ring is 1. The summed E-state index contributed by atoms with van der Waals surface area (Å²) in [5.74, 6) is 4.59. The number of carbonyl (C=O) groups is 1. The second-order valence-electron chi connectivity index (χ2n) is 2.07. The van der Waals surface area contributed by atoms with E-state index in [1.165, 1.54) is 0 Å². The molecule has 0 atom stereocenters. The Hall–Kier alpha value is -0.580. The summed E-state index contributed by atoms with van der Waals surface area (Å²) in [6.45, 7) is 0. The van der Waals surface area contributed by atoms with Gasteiger partial charge in [-0.3, -0.25) is 10.2 Å². The van der Waals surface area contributed by atoms with Crippen molar-refractivity contribution in [1.29, 1.82) is 0 Å². The van der Waals surface area contributed by atoms with Gasteiger partial charge >= 0.3 is 0 Å². The van der Waals surface area contributed by atoms with Gasteiger partial charge in [-0.05, 0) is 28.1 Å². The van der Waals surface area contributed by atoms with Gasteiger partial charge in [0.1, 0.15) is 0 Å². The van der Waals surface area contributed by atoms with Gasteiger partial charge in [-0.15, -0.1) is 0 Å². The number of hydrazine groups is 1. The molecule has 64 valence electrons. The van der Waals surface area contributed by atoms with E-state index in [2.05, 4.69) is 15.9 Å². The van der Waals surface area contributed by atoms with E-state index in [1.807, 2.05) is 5.43 Å². The Kier molecular flexibility index (Phi) is 3.08. The number of amides is 1. The number of carbonyl (C=O) groups excluding carboxylic acids is 1. The molecule has 0 aromatic heterocycles. The summed E-state index contributed by atoms with van der Waals surface area (Å²) in [4.78, 5) is 11.1. The summed E-state index contributed by atoms with van der Waals surface area (Å²) in [5.41, 5.74) is 2.44. The first-order chi connectivity index (χ1) is 5.66. The third kappa shape index (κ3) is 1.77. The highest BCUT2D eigenvalue weighted by Gasteiger charge is 2.09. The first kappa shape index (κ1) is 9.51. The van der Waals surface area contributed by atoms with Crippen molar-refractivity contribution in [2.75, 3.05) is 0 Å². The van der Waals surface area contributed by atoms with Crippen LogP contribution in [0.3, 0.4) is 0 Å². The summed E-state index contributed by atoms with van der Waals surface area (Å²) in [7, 11) is 0. The smallest absolute Gasteiger partial charge is 0.266 e. The highest BCUT2D eigenvalue weighted by Crippen LogP contribution is 2.25. The van der Waals surface area contributed by atoms with Crippen LogP contribution in [0.2, 0.25) is 5.02 Å². The molecule has 0 heterocycles. The van der Waals surface area contributed by atoms with E-state index in [0.717, 1.165) is 0 Å². The third-order valence-corrected chi connectivity index (χ3v) is 2.72. The molecule has 0 bridgehead atoms. The molecule has 1 aromatic carbocycles. The van der Waals surface area contributed by atoms with Crippen molar-refractivity contribution in [2.24, 2.45) is 5.84 Å². The van der Waals surface area contributed by atoms with E-state index in [0.29, 0.717) is 15.1 Å². The fraction of sp³-hybridized carbons (Fsp3) is 0. The highest BCUT2D eigenvalue weighted by atomic mass is 79.9. The molecule has 0 saturated heterocycles. The van der Waals surface area contributed by atoms with Crippen LogP contribution in [0.15, 0.2) is 22.7 Å². The molecule has 5 heteroatoms. The Morgan fingerprint density at radius 2 is 2.25 bits per heavy atom. The van der Waals surface area contributed by atoms with E-state index >= 15 is 0 Å². The van der Waals surface area contributed by atoms with Gasteiger partial charge in [0.2, 0.25) is 0 Å². The van der Waals surface area contributed by atoms with Gasteiger partial charge in [-0.25, -0.2) is 5.84 Å². The van der Waals surface area contributed by atoms with E-state index in [-0.39, 0.29) is 5.91 Å². The standard InChI is InChI=1S/C7H6BrClN2O/c8-6-4(7(12)11-10)2-1-3-5(6)9/h1-3H,10H2,(H,11,12). The van der Waals surface area contributed by atoms with Crippen LogP contribution in [0.25, 0.3) is 0 Å². The molecule has 0 aliphatic rings. The Morgan fingerprint density at radius 1 is 1.58 bits per heavy atom. The Labute approximate surface area is 83.0 Å². The van der Waals surface area contributed by atoms with Crippen molar-refractivity contribution in [3.63, 3.8) is 0 Å². The number of nitrogens with two attached hydrogens (primary N) is 1. The monoisotopic (exact) mass is 248 g/mol. The number of hydrogen-bond donors (Lipinski definition) is 2. The molecule has 0 unspecified atom stereocenters. The van der Waals surface area contributed by atoms with Crippen molar-refractivity contribution in [1.82, 2.24) is 5.43 Å². The molecular formula is C7H6BrClN2O. The van der Waals surface area contributed by atoms with Gasteiger partial charge in [0, 0.05) is 4.47 Å². The van der Waals surface area contributed by atoms with Crippen LogP contribution in [0, 0.1) is 0 Å². The topological polar surface area (TPSA) is 55.1 Å². The van der Waals surface area contributed by atoms with Crippen LogP contribution < -0.4 is 11.3 Å². The fourth-order valence-electron chi connectivity index (χ4n) is 0.757. The molecule has 1 amide bonds. The number of benzene rings is 1. The van der Waals surface area contributed by atoms with Gasteiger partial charge in [-0.1, -0.05) is 17.7 Å². The van der Waals surface area contributed by atoms with Gasteiger partial charge < -0.3 is 0 Å². The second-order valence-corrected chi connectivity index (χ2v) is 3.28. The Bertz CT molecular complexity index is 316. The average Bonchev–Trinajstić information content (AvgIpc) is 2.08. The molecule has 3 N–H and O–H groups in total. The highest BCUT2D eigenvalue weighted by molar-refractivity contribution is 9.10. The molecule has 12 heavy (non-hydrogen) atoms. The lowest BCUT2D eigenvalue weighted by atomic mass is 10.2. The largest absolute Gasteiger partial charge is 0.290 e. The van der Waals surface area contributed by atoms with Crippen LogP contribution in [0.5, 0.6) is 0 Å². The predicted octanol–water partition coefficient (Wildman–Crippen LogP) is 1.71. The van der Waals surface area contributed by atoms with Crippen LogP contribution >= 0.6 is 27.5 Å². The van der Waals surface area contributed by atoms with Crippen LogP contribution in [-0.2, 0) is 0 Å². The van der Waals surface area contributed by atoms with Crippen molar-refractivity contribution in [3.8, 4) is 0 Å². The minimum Gasteiger partial charge on any atom is -0.290 e. The van der Waals surface area contributed by atoms with Crippen molar-refractivity contribution < 1.29 is 4.79 Å². The molecule has 3 nitrogen and oxygen atoms in total. The normalized spacial score (nSPS) is 9.58. The minimum absolute atomic E-state index is 0.371. The van der Waals surface area contributed by atoms with Crippen LogP contribution in [0.4, 0.5) is 0 Å². The molecule has 0 spiro atoms. The fourth-order valence-corrected chi connectivity index (χ4v) is 1.38. The predicted molar refractivity (Wildman–Crippen MR) is 50.8 cm³/mol. The summed E-state index contributed by atoms with van der Waals surface area (Å²) in [5, 5.41) is 0.483. The lowest BCUT2D eigenvalue weighted by Crippen LogP contribution is -2.30. The number of nitrogens with one attached hydrogen (secondary N) is 1. The van der Waals surface area contributed by atoms with Crippen molar-refractivity contribution in [3.05, 3.63) is 33.3 Å². The maximum Gasteiger partial charge on any atom is 0.266 e. The molecule has 0 saturated carbocycles. The summed E-state index contributed by atoms with van der Waals surface area (Å²) >= 11 is 8.92. The zero-order chi connectivity index (χ0) is 9.14. The van der Waals surface area contributed by atoms with Crippen LogP contribution in [0.1, 0.15) is 10.4 Å². The van der Waals surface area contributed by atoms with Crippen molar-refractivity contribution >= 4 is 33.4 Å². The lowest BCUT2D eigenvalue weighted by Gasteiger charge is -2.02. The number of rotatable bonds is 1. The molecule has 0 aliphatic heterocycles. The Balaban J connectivity index is 3.16. The molecule has 0 aliphatic carbocycles. The maximum atomic E-state index is 11.1. The van der Waals surface area contributed by atoms with Gasteiger partial charge in [-0.2, -0.15) is 0 Å². The summed E-state index contributed by atoms with van der Waals surface area (Å²) in [6, 6.07) is 4.98. The van der Waals surface area contributed by atoms with E-state index < -0.39 is 0 Å². The average molecular weight is 249 g/mol. The first-order valence-electron chi connectivity index (χ1n) is 3.11. The Morgan fingerprint density at radius 3 is 2.83 bits per heavy atom. The number of halogens is 2. The summed E-state index contributed by atoms with van der Waals surface area (Å²) in [6.07, 6.45) is 0. The number of hydrogen-bond acceptors (Lipinski definition) is 2. The molecule has 0 fully saturated rings. The van der Waals surface area contributed by atoms with Gasteiger partial charge in [0.15, 0.2) is 0 Å². The molecule has 1 rings (SSSR count). The van der Waals surface area contributed by atoms with Gasteiger partial charge in [0.05, 0.1) is 10.6 Å². The SMILES string of the molecule is NNC(=O)c1cccc(Cl)c1Br. The summed E-state index contributed by atoms with van der Waals surface area (Å²) < 4.78 is 0.551. The minimum atomic E-state index is -0.371. The zero-order valence-electron chi connectivity index (χ0n) is 5.97. The zero-order valence-corrected chi connectivity index (χ0v) is 8.32. The lowest BCUT2D eigenvalue weighted by molar-refractivity contribution is 0.0953. The van der Waals surface area contributed by atoms with E-state index in [9.17, 15) is 4.79 Å². The molecule has 1 aromatic rings. The van der Waals surface area contributed by atoms with Crippen LogP contribution in [-0.4, -0.2) is 5.91 Å². The van der Waals surface area contributed by atoms with E-state index in [1.54, 1.807) is 18.2 Å². The molecule has 0 radical (unpaired) electrons. The van der Waals surface area contributed by atoms with E-state index in [4.69, 9.17) is 17.4 Å².